The van der Waals surface area contributed by atoms with Crippen molar-refractivity contribution in [2.45, 2.75) is 104 Å². The molecule has 4 unspecified atom stereocenters. The van der Waals surface area contributed by atoms with E-state index in [0.717, 1.165) is 6.92 Å². The zero-order valence-electron chi connectivity index (χ0n) is 36.7. The zero-order valence-corrected chi connectivity index (χ0v) is 42.7. The van der Waals surface area contributed by atoms with E-state index in [1.165, 1.54) is 6.92 Å². The number of hydrogen-bond acceptors (Lipinski definition) is 24. The smallest absolute Gasteiger partial charge is 0.550 e. The van der Waals surface area contributed by atoms with E-state index in [-0.39, 0.29) is 158 Å². The van der Waals surface area contributed by atoms with E-state index in [1.807, 2.05) is 0 Å². The summed E-state index contributed by atoms with van der Waals surface area (Å²) in [6.45, 7) is 9.43. The number of carboxylic acid groups (broad SMARTS) is 6. The second kappa shape index (κ2) is 77.9. The van der Waals surface area contributed by atoms with Crippen LogP contribution in [0.5, 0.6) is 0 Å². The van der Waals surface area contributed by atoms with E-state index in [2.05, 4.69) is 15.2 Å². The van der Waals surface area contributed by atoms with Crippen LogP contribution in [0.1, 0.15) is 80.1 Å². The summed E-state index contributed by atoms with van der Waals surface area (Å²) in [4.78, 5) is 77.4. The third-order valence-electron chi connectivity index (χ3n) is 3.73. The molecule has 0 saturated heterocycles. The van der Waals surface area contributed by atoms with E-state index in [0.29, 0.717) is 39.0 Å². The Morgan fingerprint density at radius 1 is 0.633 bits per heavy atom. The van der Waals surface area contributed by atoms with Crippen molar-refractivity contribution in [3.05, 3.63) is 0 Å². The molecule has 0 aliphatic heterocycles. The molecule has 4 atom stereocenters. The first-order valence-electron chi connectivity index (χ1n) is 15.8. The number of ether oxygens (including phenoxy) is 2. The predicted molar refractivity (Wildman–Crippen MR) is 197 cm³/mol. The summed E-state index contributed by atoms with van der Waals surface area (Å²) in [6, 6.07) is -0.825. The molecule has 0 heterocycles. The first-order chi connectivity index (χ1) is 24.7. The molecule has 348 valence electrons. The Morgan fingerprint density at radius 2 is 0.950 bits per heavy atom. The van der Waals surface area contributed by atoms with Gasteiger partial charge in [0.25, 0.3) is 0 Å². The molecule has 0 aliphatic carbocycles. The topological polar surface area (TPSA) is 575 Å². The molecule has 0 bridgehead atoms. The van der Waals surface area contributed by atoms with Gasteiger partial charge in [0.1, 0.15) is 6.04 Å². The van der Waals surface area contributed by atoms with Gasteiger partial charge in [0.15, 0.2) is 0 Å². The van der Waals surface area contributed by atoms with Crippen molar-refractivity contribution in [3.63, 3.8) is 0 Å². The Labute approximate surface area is 417 Å². The van der Waals surface area contributed by atoms with Crippen LogP contribution in [0, 0.1) is 0 Å². The quantitative estimate of drug-likeness (QED) is 0.0505. The van der Waals surface area contributed by atoms with Gasteiger partial charge in [-0.3, -0.25) is 24.0 Å². The van der Waals surface area contributed by atoms with E-state index >= 15 is 0 Å². The molecular formula is C30H70N7Na3O20. The summed E-state index contributed by atoms with van der Waals surface area (Å²) in [7, 11) is 0. The molecule has 0 aromatic rings. The normalized spacial score (nSPS) is 9.83. The standard InChI is InChI=1S/C6H13NO2.C6H12O3.C4H9NO2.C4H8O3.C3H7NO2.C3H6O3.C2H5NO2.C2H4O3.3H3N.3Na/c2*1-3-9-6(8)4-5(2)7;2*5-3-1-2-4(6)7;2*1-2(4)3(5)6;2*3-1-2(4)5;;;;;;/h5H,3-4,7H2,1-2H3;5,7H,3-4H2,1-2H3;1-3,5H2,(H,6,7);5H,1-3H2,(H,6,7);2H,4H2,1H3,(H,5,6);2,4H,1H3,(H,5,6);1,3H2,(H,4,5);3H,1H2,(H,4,5);3*1H3;;;/q;;;;;;;;;;;3*+1/p-3. The molecule has 0 radical (unpaired) electrons. The fourth-order valence-corrected chi connectivity index (χ4v) is 1.42. The minimum atomic E-state index is -1.44. The SMILES string of the molecule is CC(N)C(=O)O.CC(O)C(=O)[O-].CCOC(=O)CC(C)N.CCOC(=O)CC(C)O.N.N.N.NCC(=O)O.NCCCC(=O)O.O=C([O-])CCCO.O=C([O-])CO.[Na+].[Na+].[Na+]. The van der Waals surface area contributed by atoms with Crippen molar-refractivity contribution in [2.75, 3.05) is 39.5 Å². The van der Waals surface area contributed by atoms with Crippen molar-refractivity contribution >= 4 is 47.8 Å². The number of hydrogen-bond donors (Lipinski definition) is 14. The van der Waals surface area contributed by atoms with Gasteiger partial charge in [0, 0.05) is 25.0 Å². The molecular weight excluding hydrogens is 847 g/mol. The van der Waals surface area contributed by atoms with Crippen LogP contribution in [0.3, 0.4) is 0 Å². The summed E-state index contributed by atoms with van der Waals surface area (Å²) in [5, 5.41) is 83.5. The summed E-state index contributed by atoms with van der Waals surface area (Å²) in [6.07, 6.45) is -0.513. The summed E-state index contributed by atoms with van der Waals surface area (Å²) >= 11 is 0. The molecule has 0 aliphatic rings. The first kappa shape index (κ1) is 97.6. The number of aliphatic hydroxyl groups is 4. The van der Waals surface area contributed by atoms with Gasteiger partial charge in [-0.2, -0.15) is 0 Å². The molecule has 27 nitrogen and oxygen atoms in total. The number of aliphatic hydroxyl groups excluding tert-OH is 4. The molecule has 0 aromatic heterocycles. The number of carbonyl (C=O) groups is 8. The molecule has 0 aromatic carbocycles. The third-order valence-corrected chi connectivity index (χ3v) is 3.73. The van der Waals surface area contributed by atoms with Gasteiger partial charge in [-0.15, -0.1) is 0 Å². The van der Waals surface area contributed by atoms with Gasteiger partial charge in [0.05, 0.1) is 63.4 Å². The van der Waals surface area contributed by atoms with Gasteiger partial charge in [-0.1, -0.05) is 0 Å². The molecule has 0 fully saturated rings. The molecule has 60 heavy (non-hydrogen) atoms. The Bertz CT molecular complexity index is 901. The molecule has 24 N–H and O–H groups in total. The van der Waals surface area contributed by atoms with Gasteiger partial charge in [0.2, 0.25) is 0 Å². The van der Waals surface area contributed by atoms with E-state index in [1.54, 1.807) is 27.7 Å². The first-order valence-corrected chi connectivity index (χ1v) is 15.8. The van der Waals surface area contributed by atoms with Crippen molar-refractivity contribution in [1.29, 1.82) is 0 Å². The van der Waals surface area contributed by atoms with Gasteiger partial charge < -0.3 is 116 Å². The van der Waals surface area contributed by atoms with Crippen LogP contribution in [0.15, 0.2) is 0 Å². The number of nitrogens with two attached hydrogens (primary N) is 4. The average molecular weight is 918 g/mol. The minimum Gasteiger partial charge on any atom is -0.550 e. The number of rotatable bonds is 16. The molecule has 30 heteroatoms. The number of carboxylic acids is 6. The van der Waals surface area contributed by atoms with Crippen molar-refractivity contribution in [2.24, 2.45) is 22.9 Å². The summed E-state index contributed by atoms with van der Waals surface area (Å²) in [5.41, 5.74) is 19.7. The Kier molecular flexibility index (Phi) is 127. The second-order valence-electron chi connectivity index (χ2n) is 9.58. The number of esters is 2. The van der Waals surface area contributed by atoms with Gasteiger partial charge >= 0.3 is 119 Å². The Morgan fingerprint density at radius 3 is 1.07 bits per heavy atom. The van der Waals surface area contributed by atoms with Crippen LogP contribution in [0.4, 0.5) is 0 Å². The third kappa shape index (κ3) is 165. The minimum absolute atomic E-state index is 0. The monoisotopic (exact) mass is 917 g/mol. The van der Waals surface area contributed by atoms with Gasteiger partial charge in [-0.05, 0) is 67.3 Å². The molecule has 0 rings (SSSR count). The van der Waals surface area contributed by atoms with E-state index in [4.69, 9.17) is 62.8 Å². The zero-order chi connectivity index (χ0) is 44.8. The van der Waals surface area contributed by atoms with Crippen LogP contribution in [-0.4, -0.2) is 147 Å². The van der Waals surface area contributed by atoms with E-state index in [9.17, 15) is 43.8 Å². The number of carbonyl (C=O) groups excluding carboxylic acids is 5. The fourth-order valence-electron chi connectivity index (χ4n) is 1.42. The van der Waals surface area contributed by atoms with Crippen LogP contribution in [0.25, 0.3) is 0 Å². The van der Waals surface area contributed by atoms with Gasteiger partial charge in [-0.25, -0.2) is 0 Å². The summed E-state index contributed by atoms with van der Waals surface area (Å²) < 4.78 is 9.19. The predicted octanol–water partition coefficient (Wildman–Crippen LogP) is -15.3. The molecule has 0 amide bonds. The largest absolute Gasteiger partial charge is 1.00 e. The number of aliphatic carboxylic acids is 6. The van der Waals surface area contributed by atoms with Crippen molar-refractivity contribution < 1.29 is 188 Å². The fraction of sp³-hybridized carbons (Fsp3) is 0.733. The molecule has 0 spiro atoms. The Balaban J connectivity index is -0.0000000334. The maximum absolute atomic E-state index is 10.6. The maximum Gasteiger partial charge on any atom is 1.00 e. The second-order valence-corrected chi connectivity index (χ2v) is 9.58. The van der Waals surface area contributed by atoms with E-state index < -0.39 is 60.7 Å². The van der Waals surface area contributed by atoms with Crippen LogP contribution in [0.2, 0.25) is 0 Å². The Hall–Kier alpha value is -1.68. The molecule has 0 saturated carbocycles. The van der Waals surface area contributed by atoms with Crippen LogP contribution < -0.4 is 145 Å². The average Bonchev–Trinajstić information content (AvgIpc) is 3.04. The maximum atomic E-state index is 10.6. The van der Waals surface area contributed by atoms with Crippen molar-refractivity contribution in [1.82, 2.24) is 18.5 Å². The van der Waals surface area contributed by atoms with Crippen LogP contribution >= 0.6 is 0 Å². The van der Waals surface area contributed by atoms with Crippen molar-refractivity contribution in [3.8, 4) is 0 Å². The summed E-state index contributed by atoms with van der Waals surface area (Å²) in [5.74, 6) is -7.24. The van der Waals surface area contributed by atoms with Crippen LogP contribution in [-0.2, 0) is 47.8 Å².